The highest BCUT2D eigenvalue weighted by Gasteiger charge is 2.15. The minimum absolute atomic E-state index is 0.459. The number of nitrogens with one attached hydrogen (secondary N) is 1. The van der Waals surface area contributed by atoms with Gasteiger partial charge in [-0.05, 0) is 18.2 Å². The van der Waals surface area contributed by atoms with Crippen LogP contribution in [0.1, 0.15) is 21.6 Å². The predicted molar refractivity (Wildman–Crippen MR) is 86.9 cm³/mol. The smallest absolute Gasteiger partial charge is 0.312 e. The third-order valence-corrected chi connectivity index (χ3v) is 3.24. The molecule has 0 bridgehead atoms. The van der Waals surface area contributed by atoms with Gasteiger partial charge in [0.15, 0.2) is 11.9 Å². The molecule has 112 valence electrons. The normalized spacial score (nSPS) is 11.0. The summed E-state index contributed by atoms with van der Waals surface area (Å²) in [4.78, 5) is 20.3. The van der Waals surface area contributed by atoms with Gasteiger partial charge in [0.1, 0.15) is 0 Å². The van der Waals surface area contributed by atoms with Crippen LogP contribution >= 0.6 is 0 Å². The summed E-state index contributed by atoms with van der Waals surface area (Å²) in [6.07, 6.45) is 1.80. The van der Waals surface area contributed by atoms with Crippen molar-refractivity contribution in [3.05, 3.63) is 102 Å². The Morgan fingerprint density at radius 2 is 1.39 bits per heavy atom. The number of aromatic amines is 1. The lowest BCUT2D eigenvalue weighted by atomic mass is 10.1. The van der Waals surface area contributed by atoms with Crippen molar-refractivity contribution in [2.75, 3.05) is 0 Å². The minimum atomic E-state index is -0.491. The van der Waals surface area contributed by atoms with Crippen LogP contribution in [0.2, 0.25) is 0 Å². The van der Waals surface area contributed by atoms with Crippen molar-refractivity contribution >= 4 is 11.7 Å². The zero-order valence-electron chi connectivity index (χ0n) is 12.3. The van der Waals surface area contributed by atoms with Gasteiger partial charge in [-0.25, -0.2) is 9.78 Å². The number of carbonyl (C=O) groups is 1. The fraction of sp³-hybridized carbons (Fsp3) is 0. The molecule has 0 unspecified atom stereocenters. The topological polar surface area (TPSA) is 52.8 Å². The van der Waals surface area contributed by atoms with Crippen LogP contribution in [0.4, 0.5) is 0 Å². The first-order valence-corrected chi connectivity index (χ1v) is 7.21. The maximum absolute atomic E-state index is 12.1. The zero-order valence-corrected chi connectivity index (χ0v) is 12.3. The van der Waals surface area contributed by atoms with Crippen molar-refractivity contribution in [2.24, 2.45) is 5.16 Å². The Morgan fingerprint density at radius 3 is 2.00 bits per heavy atom. The highest BCUT2D eigenvalue weighted by atomic mass is 16.7. The molecule has 0 atom stereocenters. The fourth-order valence-corrected chi connectivity index (χ4v) is 2.11. The summed E-state index contributed by atoms with van der Waals surface area (Å²) in [5, 5.41) is 4.08. The lowest BCUT2D eigenvalue weighted by Crippen LogP contribution is -2.18. The number of oxime groups is 1. The molecule has 3 aromatic rings. The predicted octanol–water partition coefficient (Wildman–Crippen LogP) is 3.11. The Kier molecular flexibility index (Phi) is 4.55. The first-order valence-electron chi connectivity index (χ1n) is 7.21. The van der Waals surface area contributed by atoms with Gasteiger partial charge in [-0.2, -0.15) is 0 Å². The number of aromatic nitrogens is 1. The standard InChI is InChI=1S/C19H14N2O2/c22-19(16-11-5-2-6-12-16)23-21-18(15-9-3-1-4-10-15)17-13-7-8-14-20-17/h1-14H/p+1/b21-18+. The van der Waals surface area contributed by atoms with Crippen molar-refractivity contribution in [1.29, 1.82) is 0 Å². The van der Waals surface area contributed by atoms with Crippen LogP contribution in [0.3, 0.4) is 0 Å². The third kappa shape index (κ3) is 3.68. The van der Waals surface area contributed by atoms with Crippen LogP contribution in [0.5, 0.6) is 0 Å². The first-order chi connectivity index (χ1) is 11.3. The second kappa shape index (κ2) is 7.13. The second-order valence-electron chi connectivity index (χ2n) is 4.83. The molecule has 0 aliphatic carbocycles. The number of pyridine rings is 1. The van der Waals surface area contributed by atoms with E-state index in [0.29, 0.717) is 11.3 Å². The Balaban J connectivity index is 1.91. The number of benzene rings is 2. The van der Waals surface area contributed by atoms with Crippen molar-refractivity contribution in [1.82, 2.24) is 0 Å². The summed E-state index contributed by atoms with van der Waals surface area (Å²) in [6.45, 7) is 0. The molecule has 1 heterocycles. The van der Waals surface area contributed by atoms with Crippen molar-refractivity contribution in [3.63, 3.8) is 0 Å². The quantitative estimate of drug-likeness (QED) is 0.422. The first kappa shape index (κ1) is 14.7. The number of hydrogen-bond donors (Lipinski definition) is 0. The molecule has 2 aromatic carbocycles. The van der Waals surface area contributed by atoms with E-state index in [-0.39, 0.29) is 0 Å². The van der Waals surface area contributed by atoms with E-state index in [1.54, 1.807) is 30.5 Å². The van der Waals surface area contributed by atoms with Crippen LogP contribution in [0.25, 0.3) is 0 Å². The number of H-pyrrole nitrogens is 1. The summed E-state index contributed by atoms with van der Waals surface area (Å²) in [5.41, 5.74) is 2.64. The average molecular weight is 303 g/mol. The van der Waals surface area contributed by atoms with Gasteiger partial charge in [-0.3, -0.25) is 0 Å². The van der Waals surface area contributed by atoms with Gasteiger partial charge < -0.3 is 4.84 Å². The molecule has 0 saturated heterocycles. The van der Waals surface area contributed by atoms with Gasteiger partial charge >= 0.3 is 5.97 Å². The average Bonchev–Trinajstić information content (AvgIpc) is 2.64. The summed E-state index contributed by atoms with van der Waals surface area (Å²) < 4.78 is 0. The molecule has 0 spiro atoms. The van der Waals surface area contributed by atoms with Crippen LogP contribution in [-0.2, 0) is 4.84 Å². The van der Waals surface area contributed by atoms with Crippen LogP contribution < -0.4 is 4.98 Å². The summed E-state index contributed by atoms with van der Waals surface area (Å²) in [6, 6.07) is 24.0. The van der Waals surface area contributed by atoms with Gasteiger partial charge in [0.25, 0.3) is 0 Å². The van der Waals surface area contributed by atoms with Crippen molar-refractivity contribution in [2.45, 2.75) is 0 Å². The summed E-state index contributed by atoms with van der Waals surface area (Å²) in [7, 11) is 0. The largest absolute Gasteiger partial charge is 0.365 e. The highest BCUT2D eigenvalue weighted by molar-refractivity contribution is 6.10. The number of nitrogens with zero attached hydrogens (tertiary/aromatic N) is 1. The molecule has 1 aromatic heterocycles. The van der Waals surface area contributed by atoms with Crippen LogP contribution in [0, 0.1) is 0 Å². The molecule has 0 amide bonds. The molecule has 3 rings (SSSR count). The Hall–Kier alpha value is -3.27. The monoisotopic (exact) mass is 303 g/mol. The third-order valence-electron chi connectivity index (χ3n) is 3.24. The van der Waals surface area contributed by atoms with E-state index in [9.17, 15) is 4.79 Å². The van der Waals surface area contributed by atoms with Crippen LogP contribution in [0.15, 0.2) is 90.2 Å². The molecule has 0 aliphatic rings. The molecule has 1 N–H and O–H groups in total. The maximum atomic E-state index is 12.1. The summed E-state index contributed by atoms with van der Waals surface area (Å²) >= 11 is 0. The van der Waals surface area contributed by atoms with E-state index in [1.807, 2.05) is 54.6 Å². The Bertz CT molecular complexity index is 759. The number of rotatable bonds is 4. The molecule has 4 nitrogen and oxygen atoms in total. The van der Waals surface area contributed by atoms with E-state index < -0.39 is 5.97 Å². The molecule has 0 fully saturated rings. The molecule has 23 heavy (non-hydrogen) atoms. The SMILES string of the molecule is O=C(O/N=C(\c1ccccc1)c1cccc[nH+]1)c1ccccc1. The van der Waals surface area contributed by atoms with E-state index in [2.05, 4.69) is 10.1 Å². The van der Waals surface area contributed by atoms with E-state index in [1.165, 1.54) is 0 Å². The van der Waals surface area contributed by atoms with Gasteiger partial charge in [0.05, 0.1) is 5.56 Å². The van der Waals surface area contributed by atoms with Crippen LogP contribution in [-0.4, -0.2) is 11.7 Å². The molecular weight excluding hydrogens is 288 g/mol. The lowest BCUT2D eigenvalue weighted by molar-refractivity contribution is -0.380. The Morgan fingerprint density at radius 1 is 0.783 bits per heavy atom. The maximum Gasteiger partial charge on any atom is 0.365 e. The Labute approximate surface area is 134 Å². The van der Waals surface area contributed by atoms with Gasteiger partial charge in [-0.15, -0.1) is 0 Å². The fourth-order valence-electron chi connectivity index (χ4n) is 2.11. The van der Waals surface area contributed by atoms with Gasteiger partial charge in [0, 0.05) is 17.7 Å². The minimum Gasteiger partial charge on any atom is -0.312 e. The van der Waals surface area contributed by atoms with Gasteiger partial charge in [0.2, 0.25) is 5.69 Å². The van der Waals surface area contributed by atoms with Crippen molar-refractivity contribution < 1.29 is 14.6 Å². The summed E-state index contributed by atoms with van der Waals surface area (Å²) in [5.74, 6) is -0.491. The second-order valence-corrected chi connectivity index (χ2v) is 4.83. The molecule has 0 radical (unpaired) electrons. The van der Waals surface area contributed by atoms with E-state index >= 15 is 0 Å². The zero-order chi connectivity index (χ0) is 15.9. The lowest BCUT2D eigenvalue weighted by Gasteiger charge is -2.03. The van der Waals surface area contributed by atoms with E-state index in [4.69, 9.17) is 4.84 Å². The number of hydrogen-bond acceptors (Lipinski definition) is 3. The highest BCUT2D eigenvalue weighted by Crippen LogP contribution is 2.09. The molecule has 0 saturated carbocycles. The molecule has 0 aliphatic heterocycles. The van der Waals surface area contributed by atoms with Crippen molar-refractivity contribution in [3.8, 4) is 0 Å². The number of carbonyl (C=O) groups excluding carboxylic acids is 1. The van der Waals surface area contributed by atoms with Gasteiger partial charge in [-0.1, -0.05) is 53.7 Å². The molecular formula is C19H15N2O2+. The molecule has 4 heteroatoms. The van der Waals surface area contributed by atoms with E-state index in [0.717, 1.165) is 11.3 Å².